The maximum atomic E-state index is 12.2. The normalized spacial score (nSPS) is 28.0. The maximum Gasteiger partial charge on any atom is 0.405 e. The van der Waals surface area contributed by atoms with Gasteiger partial charge in [-0.1, -0.05) is 6.92 Å². The SMILES string of the molecule is CCN1CCO[C@@H](CN2CCC[C@@H]2C(=O)NCC(F)(F)F)C1. The fourth-order valence-electron chi connectivity index (χ4n) is 3.09. The lowest BCUT2D eigenvalue weighted by Gasteiger charge is -2.35. The molecule has 2 fully saturated rings. The monoisotopic (exact) mass is 323 g/mol. The van der Waals surface area contributed by atoms with Gasteiger partial charge in [0.1, 0.15) is 6.54 Å². The molecule has 2 rings (SSSR count). The number of likely N-dealkylation sites (tertiary alicyclic amines) is 1. The standard InChI is InChI=1S/C14H24F3N3O2/c1-2-19-6-7-22-11(8-19)9-20-5-3-4-12(20)13(21)18-10-14(15,16)17/h11-12H,2-10H2,1H3,(H,18,21)/t11-,12-/m1/s1. The lowest BCUT2D eigenvalue weighted by atomic mass is 10.2. The Morgan fingerprint density at radius 1 is 1.36 bits per heavy atom. The molecule has 0 aliphatic carbocycles. The van der Waals surface area contributed by atoms with Crippen LogP contribution in [-0.4, -0.2) is 79.9 Å². The molecule has 0 saturated carbocycles. The minimum Gasteiger partial charge on any atom is -0.374 e. The second kappa shape index (κ2) is 7.61. The number of alkyl halides is 3. The van der Waals surface area contributed by atoms with Gasteiger partial charge in [-0.3, -0.25) is 14.6 Å². The Hall–Kier alpha value is -0.860. The molecule has 1 N–H and O–H groups in total. The van der Waals surface area contributed by atoms with Crippen molar-refractivity contribution in [3.8, 4) is 0 Å². The van der Waals surface area contributed by atoms with Crippen LogP contribution < -0.4 is 5.32 Å². The van der Waals surface area contributed by atoms with Gasteiger partial charge in [0, 0.05) is 19.6 Å². The Morgan fingerprint density at radius 2 is 2.14 bits per heavy atom. The van der Waals surface area contributed by atoms with Crippen LogP contribution in [0.5, 0.6) is 0 Å². The van der Waals surface area contributed by atoms with Crippen molar-refractivity contribution in [1.29, 1.82) is 0 Å². The third-order valence-corrected chi connectivity index (χ3v) is 4.24. The van der Waals surface area contributed by atoms with Gasteiger partial charge in [0.05, 0.1) is 18.8 Å². The van der Waals surface area contributed by atoms with Crippen LogP contribution in [0, 0.1) is 0 Å². The molecule has 2 heterocycles. The summed E-state index contributed by atoms with van der Waals surface area (Å²) in [6.07, 6.45) is -2.92. The van der Waals surface area contributed by atoms with Gasteiger partial charge in [-0.15, -0.1) is 0 Å². The minimum absolute atomic E-state index is 0.0183. The Morgan fingerprint density at radius 3 is 2.82 bits per heavy atom. The zero-order chi connectivity index (χ0) is 16.2. The summed E-state index contributed by atoms with van der Waals surface area (Å²) >= 11 is 0. The van der Waals surface area contributed by atoms with E-state index in [4.69, 9.17) is 4.74 Å². The summed E-state index contributed by atoms with van der Waals surface area (Å²) in [5, 5.41) is 1.99. The van der Waals surface area contributed by atoms with Crippen molar-refractivity contribution in [2.45, 2.75) is 38.1 Å². The van der Waals surface area contributed by atoms with Gasteiger partial charge in [0.15, 0.2) is 0 Å². The van der Waals surface area contributed by atoms with Crippen LogP contribution in [0.25, 0.3) is 0 Å². The maximum absolute atomic E-state index is 12.2. The fraction of sp³-hybridized carbons (Fsp3) is 0.929. The quantitative estimate of drug-likeness (QED) is 0.815. The number of ether oxygens (including phenoxy) is 1. The van der Waals surface area contributed by atoms with E-state index in [9.17, 15) is 18.0 Å². The number of halogens is 3. The average molecular weight is 323 g/mol. The van der Waals surface area contributed by atoms with Gasteiger partial charge in [0.2, 0.25) is 5.91 Å². The Balaban J connectivity index is 1.83. The van der Waals surface area contributed by atoms with Crippen LogP contribution >= 0.6 is 0 Å². The molecule has 2 saturated heterocycles. The van der Waals surface area contributed by atoms with E-state index >= 15 is 0 Å². The number of nitrogens with zero attached hydrogens (tertiary/aromatic N) is 2. The molecule has 1 amide bonds. The molecule has 0 aromatic carbocycles. The van der Waals surface area contributed by atoms with Crippen LogP contribution in [0.1, 0.15) is 19.8 Å². The lowest BCUT2D eigenvalue weighted by Crippen LogP contribution is -2.51. The summed E-state index contributed by atoms with van der Waals surface area (Å²) in [7, 11) is 0. The molecule has 8 heteroatoms. The van der Waals surface area contributed by atoms with Crippen LogP contribution in [0.15, 0.2) is 0 Å². The van der Waals surface area contributed by atoms with Crippen molar-refractivity contribution in [3.05, 3.63) is 0 Å². The Labute approximate surface area is 128 Å². The van der Waals surface area contributed by atoms with Crippen molar-refractivity contribution >= 4 is 5.91 Å². The number of hydrogen-bond acceptors (Lipinski definition) is 4. The van der Waals surface area contributed by atoms with Crippen LogP contribution in [0.4, 0.5) is 13.2 Å². The van der Waals surface area contributed by atoms with Crippen molar-refractivity contribution in [2.24, 2.45) is 0 Å². The topological polar surface area (TPSA) is 44.8 Å². The summed E-state index contributed by atoms with van der Waals surface area (Å²) < 4.78 is 42.3. The fourth-order valence-corrected chi connectivity index (χ4v) is 3.09. The molecule has 22 heavy (non-hydrogen) atoms. The van der Waals surface area contributed by atoms with E-state index in [0.29, 0.717) is 19.6 Å². The highest BCUT2D eigenvalue weighted by Crippen LogP contribution is 2.20. The number of morpholine rings is 1. The van der Waals surface area contributed by atoms with E-state index < -0.39 is 24.7 Å². The van der Waals surface area contributed by atoms with Gasteiger partial charge in [-0.05, 0) is 25.9 Å². The predicted octanol–water partition coefficient (Wildman–Crippen LogP) is 0.850. The van der Waals surface area contributed by atoms with E-state index in [1.165, 1.54) is 0 Å². The molecule has 2 aliphatic rings. The number of amides is 1. The molecule has 0 aromatic rings. The van der Waals surface area contributed by atoms with Gasteiger partial charge >= 0.3 is 6.18 Å². The third-order valence-electron chi connectivity index (χ3n) is 4.24. The highest BCUT2D eigenvalue weighted by molar-refractivity contribution is 5.82. The van der Waals surface area contributed by atoms with E-state index in [1.54, 1.807) is 0 Å². The first-order valence-electron chi connectivity index (χ1n) is 7.81. The van der Waals surface area contributed by atoms with Crippen molar-refractivity contribution in [2.75, 3.05) is 45.9 Å². The molecular formula is C14H24F3N3O2. The summed E-state index contributed by atoms with van der Waals surface area (Å²) in [5.74, 6) is -0.530. The van der Waals surface area contributed by atoms with E-state index in [1.807, 2.05) is 10.2 Å². The molecule has 0 aromatic heterocycles. The molecule has 0 bridgehead atoms. The number of likely N-dealkylation sites (N-methyl/N-ethyl adjacent to an activating group) is 1. The van der Waals surface area contributed by atoms with Crippen LogP contribution in [0.3, 0.4) is 0 Å². The summed E-state index contributed by atoms with van der Waals surface area (Å²) in [6.45, 7) is 5.49. The zero-order valence-electron chi connectivity index (χ0n) is 12.9. The zero-order valence-corrected chi connectivity index (χ0v) is 12.9. The second-order valence-corrected chi connectivity index (χ2v) is 5.87. The van der Waals surface area contributed by atoms with E-state index in [2.05, 4.69) is 11.8 Å². The number of rotatable bonds is 5. The third kappa shape index (κ3) is 5.10. The molecule has 0 unspecified atom stereocenters. The highest BCUT2D eigenvalue weighted by Gasteiger charge is 2.35. The molecule has 2 aliphatic heterocycles. The molecule has 2 atom stereocenters. The lowest BCUT2D eigenvalue weighted by molar-refractivity contribution is -0.141. The van der Waals surface area contributed by atoms with Crippen molar-refractivity contribution < 1.29 is 22.7 Å². The van der Waals surface area contributed by atoms with Crippen LogP contribution in [-0.2, 0) is 9.53 Å². The summed E-state index contributed by atoms with van der Waals surface area (Å²) in [4.78, 5) is 16.2. The molecule has 5 nitrogen and oxygen atoms in total. The predicted molar refractivity (Wildman–Crippen MR) is 75.5 cm³/mol. The number of nitrogens with one attached hydrogen (secondary N) is 1. The van der Waals surface area contributed by atoms with Gasteiger partial charge in [0.25, 0.3) is 0 Å². The number of carbonyl (C=O) groups is 1. The summed E-state index contributed by atoms with van der Waals surface area (Å²) in [6, 6.07) is -0.469. The Bertz CT molecular complexity index is 379. The van der Waals surface area contributed by atoms with Gasteiger partial charge < -0.3 is 10.1 Å². The first kappa shape index (κ1) is 17.5. The summed E-state index contributed by atoms with van der Waals surface area (Å²) in [5.41, 5.74) is 0. The van der Waals surface area contributed by atoms with Gasteiger partial charge in [-0.2, -0.15) is 13.2 Å². The molecule has 0 spiro atoms. The van der Waals surface area contributed by atoms with E-state index in [-0.39, 0.29) is 6.10 Å². The number of hydrogen-bond donors (Lipinski definition) is 1. The highest BCUT2D eigenvalue weighted by atomic mass is 19.4. The average Bonchev–Trinajstić information content (AvgIpc) is 2.92. The van der Waals surface area contributed by atoms with Gasteiger partial charge in [-0.25, -0.2) is 0 Å². The van der Waals surface area contributed by atoms with Crippen molar-refractivity contribution in [3.63, 3.8) is 0 Å². The smallest absolute Gasteiger partial charge is 0.374 e. The van der Waals surface area contributed by atoms with E-state index in [0.717, 1.165) is 32.6 Å². The first-order chi connectivity index (χ1) is 10.4. The minimum atomic E-state index is -4.37. The molecule has 128 valence electrons. The van der Waals surface area contributed by atoms with Crippen LogP contribution in [0.2, 0.25) is 0 Å². The molecular weight excluding hydrogens is 299 g/mol. The molecule has 0 radical (unpaired) electrons. The first-order valence-corrected chi connectivity index (χ1v) is 7.81. The largest absolute Gasteiger partial charge is 0.405 e. The second-order valence-electron chi connectivity index (χ2n) is 5.87. The Kier molecular flexibility index (Phi) is 6.05. The van der Waals surface area contributed by atoms with Crippen molar-refractivity contribution in [1.82, 2.24) is 15.1 Å². The number of carbonyl (C=O) groups excluding carboxylic acids is 1.